The highest BCUT2D eigenvalue weighted by atomic mass is 35.5. The van der Waals surface area contributed by atoms with E-state index in [1.54, 1.807) is 24.3 Å². The highest BCUT2D eigenvalue weighted by Crippen LogP contribution is 2.56. The van der Waals surface area contributed by atoms with E-state index in [-0.39, 0.29) is 11.5 Å². The van der Waals surface area contributed by atoms with Gasteiger partial charge in [-0.2, -0.15) is 0 Å². The van der Waals surface area contributed by atoms with Crippen LogP contribution in [-0.2, 0) is 29.1 Å². The summed E-state index contributed by atoms with van der Waals surface area (Å²) < 4.78 is 12.6. The Balaban J connectivity index is 1.07. The van der Waals surface area contributed by atoms with Gasteiger partial charge in [0.2, 0.25) is 5.91 Å². The second-order valence-electron chi connectivity index (χ2n) is 12.2. The average molecular weight is 596 g/mol. The standard InChI is InChI=1S/C32H32Cl2N2O5/c33-24-5-2-6-25(34)26(24)27-23(28(41-35-27)20-7-8-20)18-40-32-13-10-31(11-14-32,12-15-32)30(39)36-16-9-19-3-1-4-21(29(37)38)22(19)17-36/h1-6,20H,7-18H2,(H,37,38). The van der Waals surface area contributed by atoms with Crippen molar-refractivity contribution in [2.24, 2.45) is 5.41 Å². The lowest BCUT2D eigenvalue weighted by molar-refractivity contribution is -0.171. The number of rotatable bonds is 7. The number of hydrogen-bond donors (Lipinski definition) is 1. The number of carbonyl (C=O) groups excluding carboxylic acids is 1. The molecular weight excluding hydrogens is 563 g/mol. The molecular formula is C32H32Cl2N2O5. The monoisotopic (exact) mass is 594 g/mol. The van der Waals surface area contributed by atoms with E-state index in [9.17, 15) is 14.7 Å². The molecule has 0 atom stereocenters. The van der Waals surface area contributed by atoms with Gasteiger partial charge in [-0.25, -0.2) is 4.79 Å². The molecule has 2 aromatic carbocycles. The van der Waals surface area contributed by atoms with Crippen LogP contribution in [-0.4, -0.2) is 39.2 Å². The number of carboxylic acid groups (broad SMARTS) is 1. The van der Waals surface area contributed by atoms with Crippen LogP contribution >= 0.6 is 23.2 Å². The summed E-state index contributed by atoms with van der Waals surface area (Å²) in [5.74, 6) is 0.453. The van der Waals surface area contributed by atoms with Crippen molar-refractivity contribution in [1.29, 1.82) is 0 Å². The molecule has 2 bridgehead atoms. The zero-order valence-corrected chi connectivity index (χ0v) is 24.3. The highest BCUT2D eigenvalue weighted by molar-refractivity contribution is 6.39. The molecule has 214 valence electrons. The fourth-order valence-corrected chi connectivity index (χ4v) is 7.83. The van der Waals surface area contributed by atoms with Crippen molar-refractivity contribution in [2.75, 3.05) is 6.54 Å². The lowest BCUT2D eigenvalue weighted by Crippen LogP contribution is -2.55. The van der Waals surface area contributed by atoms with Gasteiger partial charge in [-0.05, 0) is 87.1 Å². The molecule has 0 radical (unpaired) electrons. The molecule has 5 aliphatic rings. The molecule has 1 aliphatic heterocycles. The number of carbonyl (C=O) groups is 2. The predicted octanol–water partition coefficient (Wildman–Crippen LogP) is 7.42. The maximum absolute atomic E-state index is 14.0. The van der Waals surface area contributed by atoms with Gasteiger partial charge in [0.05, 0.1) is 27.8 Å². The third-order valence-corrected chi connectivity index (χ3v) is 10.5. The Morgan fingerprint density at radius 3 is 2.37 bits per heavy atom. The molecule has 4 fully saturated rings. The summed E-state index contributed by atoms with van der Waals surface area (Å²) in [6, 6.07) is 10.8. The quantitative estimate of drug-likeness (QED) is 0.306. The second-order valence-corrected chi connectivity index (χ2v) is 13.0. The number of amides is 1. The summed E-state index contributed by atoms with van der Waals surface area (Å²) in [7, 11) is 0. The van der Waals surface area contributed by atoms with Crippen LogP contribution in [0.3, 0.4) is 0 Å². The van der Waals surface area contributed by atoms with Gasteiger partial charge in [0.15, 0.2) is 0 Å². The molecule has 0 unspecified atom stereocenters. The number of hydrogen-bond acceptors (Lipinski definition) is 5. The van der Waals surface area contributed by atoms with Gasteiger partial charge in [0.25, 0.3) is 0 Å². The Morgan fingerprint density at radius 2 is 1.71 bits per heavy atom. The molecule has 1 amide bonds. The molecule has 1 aromatic heterocycles. The summed E-state index contributed by atoms with van der Waals surface area (Å²) in [6.45, 7) is 1.36. The summed E-state index contributed by atoms with van der Waals surface area (Å²) in [5, 5.41) is 15.1. The van der Waals surface area contributed by atoms with Gasteiger partial charge in [0, 0.05) is 35.5 Å². The van der Waals surface area contributed by atoms with E-state index in [1.807, 2.05) is 17.0 Å². The lowest BCUT2D eigenvalue weighted by atomic mass is 9.58. The van der Waals surface area contributed by atoms with E-state index < -0.39 is 11.4 Å². The van der Waals surface area contributed by atoms with Crippen molar-refractivity contribution in [1.82, 2.24) is 10.1 Å². The first-order chi connectivity index (χ1) is 19.8. The van der Waals surface area contributed by atoms with E-state index in [2.05, 4.69) is 5.16 Å². The van der Waals surface area contributed by atoms with E-state index >= 15 is 0 Å². The Labute approximate surface area is 248 Å². The Hall–Kier alpha value is -2.87. The molecule has 0 saturated heterocycles. The first kappa shape index (κ1) is 27.0. The van der Waals surface area contributed by atoms with Gasteiger partial charge < -0.3 is 19.3 Å². The van der Waals surface area contributed by atoms with Crippen molar-refractivity contribution in [2.45, 2.75) is 82.5 Å². The van der Waals surface area contributed by atoms with Crippen molar-refractivity contribution < 1.29 is 24.0 Å². The smallest absolute Gasteiger partial charge is 0.336 e. The second kappa shape index (κ2) is 10.1. The minimum Gasteiger partial charge on any atom is -0.478 e. The predicted molar refractivity (Wildman–Crippen MR) is 154 cm³/mol. The summed E-state index contributed by atoms with van der Waals surface area (Å²) >= 11 is 13.1. The number of fused-ring (bicyclic) bond motifs is 4. The molecule has 3 aromatic rings. The van der Waals surface area contributed by atoms with Crippen LogP contribution in [0, 0.1) is 5.41 Å². The van der Waals surface area contributed by atoms with E-state index in [4.69, 9.17) is 32.5 Å². The summed E-state index contributed by atoms with van der Waals surface area (Å²) in [5.41, 5.74) is 3.68. The molecule has 2 heterocycles. The largest absolute Gasteiger partial charge is 0.478 e. The number of aromatic carboxylic acids is 1. The van der Waals surface area contributed by atoms with Gasteiger partial charge >= 0.3 is 5.97 Å². The number of benzene rings is 2. The SMILES string of the molecule is O=C(O)c1cccc2c1CN(C(=O)C13CCC(OCc4c(-c5c(Cl)cccc5Cl)noc4C4CC4)(CC1)CC3)CC2. The minimum absolute atomic E-state index is 0.169. The third-order valence-electron chi connectivity index (χ3n) is 9.91. The Bertz CT molecular complexity index is 1500. The van der Waals surface area contributed by atoms with E-state index in [1.165, 1.54) is 0 Å². The van der Waals surface area contributed by atoms with Crippen LogP contribution in [0.5, 0.6) is 0 Å². The maximum Gasteiger partial charge on any atom is 0.336 e. The van der Waals surface area contributed by atoms with Gasteiger partial charge in [-0.1, -0.05) is 46.6 Å². The maximum atomic E-state index is 14.0. The van der Waals surface area contributed by atoms with Crippen LogP contribution in [0.2, 0.25) is 10.0 Å². The summed E-state index contributed by atoms with van der Waals surface area (Å²) in [6.07, 6.45) is 7.60. The fraction of sp³-hybridized carbons (Fsp3) is 0.469. The lowest BCUT2D eigenvalue weighted by Gasteiger charge is -2.53. The van der Waals surface area contributed by atoms with Crippen molar-refractivity contribution in [3.8, 4) is 11.3 Å². The summed E-state index contributed by atoms with van der Waals surface area (Å²) in [4.78, 5) is 27.7. The van der Waals surface area contributed by atoms with Crippen LogP contribution < -0.4 is 0 Å². The molecule has 4 saturated carbocycles. The number of halogens is 2. The van der Waals surface area contributed by atoms with Crippen molar-refractivity contribution in [3.63, 3.8) is 0 Å². The Morgan fingerprint density at radius 1 is 1.02 bits per heavy atom. The van der Waals surface area contributed by atoms with E-state index in [0.29, 0.717) is 58.9 Å². The van der Waals surface area contributed by atoms with E-state index in [0.717, 1.165) is 73.8 Å². The molecule has 7 nitrogen and oxygen atoms in total. The number of nitrogens with zero attached hydrogens (tertiary/aromatic N) is 2. The average Bonchev–Trinajstić information content (AvgIpc) is 3.75. The number of ether oxygens (including phenoxy) is 1. The van der Waals surface area contributed by atoms with Crippen molar-refractivity contribution >= 4 is 35.1 Å². The van der Waals surface area contributed by atoms with Crippen LogP contribution in [0.1, 0.15) is 90.1 Å². The number of aromatic nitrogens is 1. The highest BCUT2D eigenvalue weighted by Gasteiger charge is 2.54. The third kappa shape index (κ3) is 4.66. The zero-order chi connectivity index (χ0) is 28.4. The molecule has 4 aliphatic carbocycles. The van der Waals surface area contributed by atoms with Crippen LogP contribution in [0.4, 0.5) is 0 Å². The normalized spacial score (nSPS) is 25.3. The van der Waals surface area contributed by atoms with Gasteiger partial charge in [0.1, 0.15) is 11.5 Å². The fourth-order valence-electron chi connectivity index (χ4n) is 7.25. The molecule has 1 N–H and O–H groups in total. The van der Waals surface area contributed by atoms with Gasteiger partial charge in [-0.3, -0.25) is 4.79 Å². The van der Waals surface area contributed by atoms with Crippen LogP contribution in [0.15, 0.2) is 40.9 Å². The molecule has 9 heteroatoms. The Kier molecular flexibility index (Phi) is 6.68. The van der Waals surface area contributed by atoms with Crippen molar-refractivity contribution in [3.05, 3.63) is 74.5 Å². The first-order valence-corrected chi connectivity index (χ1v) is 15.3. The number of carboxylic acids is 1. The first-order valence-electron chi connectivity index (χ1n) is 14.5. The van der Waals surface area contributed by atoms with Gasteiger partial charge in [-0.15, -0.1) is 0 Å². The zero-order valence-electron chi connectivity index (χ0n) is 22.8. The molecule has 0 spiro atoms. The molecule has 41 heavy (non-hydrogen) atoms. The minimum atomic E-state index is -0.941. The molecule has 8 rings (SSSR count). The topological polar surface area (TPSA) is 92.9 Å². The van der Waals surface area contributed by atoms with Crippen LogP contribution in [0.25, 0.3) is 11.3 Å².